The highest BCUT2D eigenvalue weighted by Gasteiger charge is 2.44. The van der Waals surface area contributed by atoms with Crippen molar-refractivity contribution in [3.63, 3.8) is 0 Å². The molecule has 1 aromatic carbocycles. The zero-order chi connectivity index (χ0) is 27.2. The van der Waals surface area contributed by atoms with Crippen LogP contribution in [0.3, 0.4) is 0 Å². The summed E-state index contributed by atoms with van der Waals surface area (Å²) < 4.78 is 82.6. The summed E-state index contributed by atoms with van der Waals surface area (Å²) in [7, 11) is 0. The van der Waals surface area contributed by atoms with Gasteiger partial charge >= 0.3 is 6.18 Å². The summed E-state index contributed by atoms with van der Waals surface area (Å²) in [6, 6.07) is 12.4. The van der Waals surface area contributed by atoms with E-state index in [9.17, 15) is 27.2 Å². The number of nitriles is 1. The van der Waals surface area contributed by atoms with E-state index in [0.29, 0.717) is 27.5 Å². The summed E-state index contributed by atoms with van der Waals surface area (Å²) in [6.45, 7) is 0.763. The lowest BCUT2D eigenvalue weighted by atomic mass is 9.95. The molecule has 0 spiro atoms. The number of hydrogen-bond donors (Lipinski definition) is 0. The Morgan fingerprint density at radius 1 is 1.11 bits per heavy atom. The van der Waals surface area contributed by atoms with E-state index in [1.165, 1.54) is 18.0 Å². The largest absolute Gasteiger partial charge is 0.417 e. The minimum Gasteiger partial charge on any atom is -0.337 e. The fraction of sp³-hybridized carbons (Fsp3) is 0.296. The van der Waals surface area contributed by atoms with E-state index in [-0.39, 0.29) is 17.1 Å². The first kappa shape index (κ1) is 26.1. The standard InChI is InChI=1S/C27H20F6N4S/c1-2-38-20-9-16(15-3-5-17(6-4-15)26(14-34)7-8-26)11-35-23(20)24-22(30)25-19(36-24)10-18(27(31,32)33)12-37(25)13-21(28)29/h3-6,9-12,21H,2,7-8,13H2,1H3. The lowest BCUT2D eigenvalue weighted by Gasteiger charge is -2.16. The molecule has 0 saturated heterocycles. The van der Waals surface area contributed by atoms with E-state index in [4.69, 9.17) is 0 Å². The maximum absolute atomic E-state index is 15.6. The summed E-state index contributed by atoms with van der Waals surface area (Å²) in [4.78, 5) is 9.03. The molecule has 11 heteroatoms. The van der Waals surface area contributed by atoms with E-state index in [2.05, 4.69) is 16.0 Å². The van der Waals surface area contributed by atoms with Crippen molar-refractivity contribution in [2.24, 2.45) is 0 Å². The SMILES string of the molecule is CCSc1cc(-c2ccc(C3(C#N)CC3)cc2)cnc1-c1nc2cc(C(F)(F)F)cn(CC(F)F)c-2c1F. The summed E-state index contributed by atoms with van der Waals surface area (Å²) in [5.74, 6) is -0.420. The number of alkyl halides is 5. The maximum Gasteiger partial charge on any atom is 0.417 e. The van der Waals surface area contributed by atoms with E-state index >= 15 is 4.39 Å². The van der Waals surface area contributed by atoms with Gasteiger partial charge in [0, 0.05) is 22.9 Å². The summed E-state index contributed by atoms with van der Waals surface area (Å²) in [5, 5.41) is 9.43. The molecule has 38 heavy (non-hydrogen) atoms. The number of fused-ring (bicyclic) bond motifs is 1. The summed E-state index contributed by atoms with van der Waals surface area (Å²) in [5.41, 5.74) is -0.126. The molecule has 0 radical (unpaired) electrons. The van der Waals surface area contributed by atoms with Gasteiger partial charge in [0.1, 0.15) is 17.1 Å². The molecular formula is C27H20F6N4S. The zero-order valence-electron chi connectivity index (χ0n) is 20.0. The highest BCUT2D eigenvalue weighted by molar-refractivity contribution is 7.99. The molecule has 0 unspecified atom stereocenters. The third-order valence-corrected chi connectivity index (χ3v) is 7.45. The molecule has 0 bridgehead atoms. The van der Waals surface area contributed by atoms with Gasteiger partial charge < -0.3 is 4.57 Å². The first-order valence-electron chi connectivity index (χ1n) is 11.8. The van der Waals surface area contributed by atoms with Gasteiger partial charge in [0.2, 0.25) is 0 Å². The van der Waals surface area contributed by atoms with Crippen LogP contribution in [0.2, 0.25) is 0 Å². The molecule has 1 aromatic heterocycles. The van der Waals surface area contributed by atoms with E-state index in [0.717, 1.165) is 29.5 Å². The topological polar surface area (TPSA) is 54.5 Å². The number of rotatable bonds is 7. The third kappa shape index (κ3) is 4.73. The van der Waals surface area contributed by atoms with E-state index in [1.807, 2.05) is 31.2 Å². The first-order chi connectivity index (χ1) is 18.1. The minimum atomic E-state index is -4.82. The quantitative estimate of drug-likeness (QED) is 0.175. The predicted molar refractivity (Wildman–Crippen MR) is 131 cm³/mol. The van der Waals surface area contributed by atoms with Gasteiger partial charge in [0.15, 0.2) is 5.82 Å². The van der Waals surface area contributed by atoms with Crippen LogP contribution < -0.4 is 0 Å². The van der Waals surface area contributed by atoms with Crippen molar-refractivity contribution >= 4 is 11.8 Å². The van der Waals surface area contributed by atoms with Crippen LogP contribution in [0.4, 0.5) is 26.3 Å². The predicted octanol–water partition coefficient (Wildman–Crippen LogP) is 7.81. The Morgan fingerprint density at radius 3 is 2.39 bits per heavy atom. The van der Waals surface area contributed by atoms with Crippen LogP contribution in [-0.2, 0) is 18.1 Å². The Morgan fingerprint density at radius 2 is 1.82 bits per heavy atom. The lowest BCUT2D eigenvalue weighted by Crippen LogP contribution is -2.15. The van der Waals surface area contributed by atoms with Crippen LogP contribution in [0.25, 0.3) is 33.9 Å². The zero-order valence-corrected chi connectivity index (χ0v) is 20.8. The van der Waals surface area contributed by atoms with Crippen LogP contribution in [0.15, 0.2) is 53.7 Å². The van der Waals surface area contributed by atoms with Crippen LogP contribution in [0, 0.1) is 17.1 Å². The number of benzene rings is 1. The third-order valence-electron chi connectivity index (χ3n) is 6.54. The molecule has 3 aliphatic rings. The monoisotopic (exact) mass is 546 g/mol. The van der Waals surface area contributed by atoms with Crippen LogP contribution in [0.1, 0.15) is 30.9 Å². The van der Waals surface area contributed by atoms with Crippen molar-refractivity contribution < 1.29 is 26.3 Å². The highest BCUT2D eigenvalue weighted by Crippen LogP contribution is 2.48. The smallest absolute Gasteiger partial charge is 0.337 e. The molecule has 1 saturated carbocycles. The van der Waals surface area contributed by atoms with Gasteiger partial charge in [-0.3, -0.25) is 4.98 Å². The normalized spacial score (nSPS) is 14.7. The number of halogens is 6. The minimum absolute atomic E-state index is 0.115. The molecule has 5 rings (SSSR count). The Bertz CT molecular complexity index is 1500. The maximum atomic E-state index is 15.6. The molecule has 2 aromatic rings. The molecule has 0 N–H and O–H groups in total. The molecule has 3 heterocycles. The van der Waals surface area contributed by atoms with E-state index in [1.54, 1.807) is 6.07 Å². The molecule has 196 valence electrons. The molecule has 1 aliphatic carbocycles. The number of pyridine rings is 2. The van der Waals surface area contributed by atoms with Gasteiger partial charge in [-0.15, -0.1) is 11.8 Å². The van der Waals surface area contributed by atoms with Crippen LogP contribution >= 0.6 is 11.8 Å². The molecule has 1 fully saturated rings. The van der Waals surface area contributed by atoms with Gasteiger partial charge in [-0.25, -0.2) is 18.2 Å². The highest BCUT2D eigenvalue weighted by atomic mass is 32.2. The van der Waals surface area contributed by atoms with Gasteiger partial charge in [0.05, 0.1) is 29.3 Å². The molecule has 4 nitrogen and oxygen atoms in total. The Hall–Kier alpha value is -3.52. The second kappa shape index (κ2) is 9.66. The molecular weight excluding hydrogens is 526 g/mol. The van der Waals surface area contributed by atoms with Gasteiger partial charge in [0.25, 0.3) is 6.43 Å². The average Bonchev–Trinajstić information content (AvgIpc) is 3.61. The second-order valence-electron chi connectivity index (χ2n) is 9.05. The number of thioether (sulfide) groups is 1. The van der Waals surface area contributed by atoms with Crippen LogP contribution in [-0.4, -0.2) is 26.7 Å². The lowest BCUT2D eigenvalue weighted by molar-refractivity contribution is -0.138. The van der Waals surface area contributed by atoms with Gasteiger partial charge in [-0.05, 0) is 41.9 Å². The van der Waals surface area contributed by atoms with Crippen molar-refractivity contribution in [3.8, 4) is 40.0 Å². The van der Waals surface area contributed by atoms with E-state index < -0.39 is 41.6 Å². The fourth-order valence-corrected chi connectivity index (χ4v) is 5.27. The number of aromatic nitrogens is 3. The first-order valence-corrected chi connectivity index (χ1v) is 12.7. The summed E-state index contributed by atoms with van der Waals surface area (Å²) in [6.07, 6.45) is -4.19. The fourth-order valence-electron chi connectivity index (χ4n) is 4.46. The Labute approximate surface area is 218 Å². The average molecular weight is 547 g/mol. The number of nitrogens with zero attached hydrogens (tertiary/aromatic N) is 4. The van der Waals surface area contributed by atoms with Crippen LogP contribution in [0.5, 0.6) is 0 Å². The van der Waals surface area contributed by atoms with Crippen molar-refractivity contribution in [1.82, 2.24) is 14.5 Å². The molecule has 2 aliphatic heterocycles. The van der Waals surface area contributed by atoms with Gasteiger partial charge in [-0.2, -0.15) is 18.4 Å². The molecule has 0 atom stereocenters. The van der Waals surface area contributed by atoms with Crippen molar-refractivity contribution in [1.29, 1.82) is 5.26 Å². The van der Waals surface area contributed by atoms with Gasteiger partial charge in [-0.1, -0.05) is 31.2 Å². The number of hydrogen-bond acceptors (Lipinski definition) is 4. The molecule has 0 amide bonds. The Kier molecular flexibility index (Phi) is 6.63. The second-order valence-corrected chi connectivity index (χ2v) is 10.4. The van der Waals surface area contributed by atoms with Crippen molar-refractivity contribution in [2.75, 3.05) is 5.75 Å². The van der Waals surface area contributed by atoms with Crippen molar-refractivity contribution in [3.05, 3.63) is 65.7 Å². The van der Waals surface area contributed by atoms with Crippen molar-refractivity contribution in [2.45, 2.75) is 49.2 Å². The summed E-state index contributed by atoms with van der Waals surface area (Å²) >= 11 is 1.35. The Balaban J connectivity index is 1.59.